The second-order valence-corrected chi connectivity index (χ2v) is 5.29. The van der Waals surface area contributed by atoms with Gasteiger partial charge < -0.3 is 4.74 Å². The normalized spacial score (nSPS) is 23.4. The van der Waals surface area contributed by atoms with Crippen LogP contribution < -0.4 is 0 Å². The SMILES string of the molecule is c1cc(CCC2CO2)ccc1CCC1CC1. The third-order valence-corrected chi connectivity index (χ3v) is 3.72. The van der Waals surface area contributed by atoms with Crippen molar-refractivity contribution >= 4 is 0 Å². The molecule has 86 valence electrons. The number of benzene rings is 1. The Morgan fingerprint density at radius 3 is 2.00 bits per heavy atom. The molecule has 1 nitrogen and oxygen atoms in total. The molecule has 1 unspecified atom stereocenters. The molecule has 1 saturated carbocycles. The summed E-state index contributed by atoms with van der Waals surface area (Å²) in [6.07, 6.45) is 8.55. The predicted octanol–water partition coefficient (Wildman–Crippen LogP) is 3.36. The molecule has 1 atom stereocenters. The zero-order chi connectivity index (χ0) is 10.8. The second-order valence-electron chi connectivity index (χ2n) is 5.29. The average Bonchev–Trinajstić information content (AvgIpc) is 3.17. The van der Waals surface area contributed by atoms with E-state index in [1.807, 2.05) is 0 Å². The highest BCUT2D eigenvalue weighted by Crippen LogP contribution is 2.33. The van der Waals surface area contributed by atoms with Gasteiger partial charge in [0.05, 0.1) is 12.7 Å². The van der Waals surface area contributed by atoms with Crippen molar-refractivity contribution in [2.45, 2.75) is 44.6 Å². The Hall–Kier alpha value is -0.820. The van der Waals surface area contributed by atoms with Crippen LogP contribution in [0.2, 0.25) is 0 Å². The number of hydrogen-bond acceptors (Lipinski definition) is 1. The second kappa shape index (κ2) is 4.58. The van der Waals surface area contributed by atoms with Crippen LogP contribution in [0.1, 0.15) is 36.8 Å². The number of epoxide rings is 1. The van der Waals surface area contributed by atoms with E-state index in [9.17, 15) is 0 Å². The zero-order valence-electron chi connectivity index (χ0n) is 9.82. The van der Waals surface area contributed by atoms with Crippen LogP contribution in [0, 0.1) is 5.92 Å². The van der Waals surface area contributed by atoms with E-state index in [4.69, 9.17) is 4.74 Å². The summed E-state index contributed by atoms with van der Waals surface area (Å²) < 4.78 is 5.23. The highest BCUT2D eigenvalue weighted by Gasteiger charge is 2.21. The Balaban J connectivity index is 1.47. The molecule has 1 heterocycles. The highest BCUT2D eigenvalue weighted by molar-refractivity contribution is 5.23. The minimum Gasteiger partial charge on any atom is -0.373 e. The third-order valence-electron chi connectivity index (χ3n) is 3.72. The fourth-order valence-electron chi connectivity index (χ4n) is 2.21. The van der Waals surface area contributed by atoms with Crippen molar-refractivity contribution in [2.75, 3.05) is 6.61 Å². The monoisotopic (exact) mass is 216 g/mol. The first kappa shape index (κ1) is 10.3. The summed E-state index contributed by atoms with van der Waals surface area (Å²) in [5, 5.41) is 0. The summed E-state index contributed by atoms with van der Waals surface area (Å²) in [4.78, 5) is 0. The molecule has 0 aromatic heterocycles. The molecule has 0 amide bonds. The minimum absolute atomic E-state index is 0.564. The lowest BCUT2D eigenvalue weighted by Crippen LogP contribution is -1.92. The molecule has 3 rings (SSSR count). The van der Waals surface area contributed by atoms with E-state index in [1.165, 1.54) is 49.7 Å². The van der Waals surface area contributed by atoms with Crippen molar-refractivity contribution in [3.05, 3.63) is 35.4 Å². The van der Waals surface area contributed by atoms with Crippen molar-refractivity contribution in [2.24, 2.45) is 5.92 Å². The summed E-state index contributed by atoms with van der Waals surface area (Å²) in [6.45, 7) is 0.986. The number of rotatable bonds is 6. The molecular weight excluding hydrogens is 196 g/mol. The van der Waals surface area contributed by atoms with Gasteiger partial charge in [0.25, 0.3) is 0 Å². The van der Waals surface area contributed by atoms with E-state index in [-0.39, 0.29) is 0 Å². The van der Waals surface area contributed by atoms with Crippen molar-refractivity contribution in [1.29, 1.82) is 0 Å². The summed E-state index contributed by atoms with van der Waals surface area (Å²) in [5.74, 6) is 1.05. The summed E-state index contributed by atoms with van der Waals surface area (Å²) in [5.41, 5.74) is 2.98. The van der Waals surface area contributed by atoms with Crippen LogP contribution in [-0.4, -0.2) is 12.7 Å². The van der Waals surface area contributed by atoms with Gasteiger partial charge in [-0.3, -0.25) is 0 Å². The van der Waals surface area contributed by atoms with Crippen LogP contribution in [0.4, 0.5) is 0 Å². The van der Waals surface area contributed by atoms with Gasteiger partial charge in [0.15, 0.2) is 0 Å². The molecule has 0 spiro atoms. The van der Waals surface area contributed by atoms with Crippen LogP contribution in [-0.2, 0) is 17.6 Å². The maximum atomic E-state index is 5.23. The van der Waals surface area contributed by atoms with Gasteiger partial charge in [-0.2, -0.15) is 0 Å². The van der Waals surface area contributed by atoms with Crippen LogP contribution in [0.5, 0.6) is 0 Å². The fourth-order valence-corrected chi connectivity index (χ4v) is 2.21. The summed E-state index contributed by atoms with van der Waals surface area (Å²) in [6, 6.07) is 9.21. The van der Waals surface area contributed by atoms with Crippen LogP contribution in [0.3, 0.4) is 0 Å². The van der Waals surface area contributed by atoms with Gasteiger partial charge >= 0.3 is 0 Å². The van der Waals surface area contributed by atoms with E-state index >= 15 is 0 Å². The van der Waals surface area contributed by atoms with E-state index in [1.54, 1.807) is 0 Å². The third kappa shape index (κ3) is 3.08. The molecular formula is C15H20O. The van der Waals surface area contributed by atoms with E-state index in [0.29, 0.717) is 6.10 Å². The van der Waals surface area contributed by atoms with Gasteiger partial charge in [-0.05, 0) is 42.7 Å². The Labute approximate surface area is 97.8 Å². The molecule has 0 radical (unpaired) electrons. The summed E-state index contributed by atoms with van der Waals surface area (Å²) in [7, 11) is 0. The number of ether oxygens (including phenoxy) is 1. The van der Waals surface area contributed by atoms with Gasteiger partial charge in [0, 0.05) is 0 Å². The lowest BCUT2D eigenvalue weighted by Gasteiger charge is -2.03. The minimum atomic E-state index is 0.564. The van der Waals surface area contributed by atoms with E-state index < -0.39 is 0 Å². The van der Waals surface area contributed by atoms with Gasteiger partial charge in [0.1, 0.15) is 0 Å². The van der Waals surface area contributed by atoms with Crippen LogP contribution in [0.15, 0.2) is 24.3 Å². The van der Waals surface area contributed by atoms with Gasteiger partial charge in [0.2, 0.25) is 0 Å². The molecule has 0 bridgehead atoms. The van der Waals surface area contributed by atoms with Crippen molar-refractivity contribution in [3.8, 4) is 0 Å². The molecule has 1 saturated heterocycles. The van der Waals surface area contributed by atoms with E-state index in [2.05, 4.69) is 24.3 Å². The van der Waals surface area contributed by atoms with Crippen molar-refractivity contribution in [3.63, 3.8) is 0 Å². The smallest absolute Gasteiger partial charge is 0.0813 e. The van der Waals surface area contributed by atoms with E-state index in [0.717, 1.165) is 12.5 Å². The molecule has 2 aliphatic rings. The lowest BCUT2D eigenvalue weighted by molar-refractivity contribution is 0.397. The Bertz CT molecular complexity index is 298. The quantitative estimate of drug-likeness (QED) is 0.664. The number of hydrogen-bond donors (Lipinski definition) is 0. The Morgan fingerprint density at radius 2 is 1.50 bits per heavy atom. The molecule has 1 aromatic rings. The lowest BCUT2D eigenvalue weighted by atomic mass is 10.0. The highest BCUT2D eigenvalue weighted by atomic mass is 16.6. The largest absolute Gasteiger partial charge is 0.373 e. The molecule has 16 heavy (non-hydrogen) atoms. The van der Waals surface area contributed by atoms with Gasteiger partial charge in [-0.1, -0.05) is 37.1 Å². The molecule has 1 aromatic carbocycles. The molecule has 1 aliphatic carbocycles. The maximum Gasteiger partial charge on any atom is 0.0813 e. The Morgan fingerprint density at radius 1 is 0.938 bits per heavy atom. The maximum absolute atomic E-state index is 5.23. The molecule has 1 aliphatic heterocycles. The topological polar surface area (TPSA) is 12.5 Å². The first-order valence-electron chi connectivity index (χ1n) is 6.59. The summed E-state index contributed by atoms with van der Waals surface area (Å²) >= 11 is 0. The average molecular weight is 216 g/mol. The van der Waals surface area contributed by atoms with Crippen LogP contribution >= 0.6 is 0 Å². The zero-order valence-corrected chi connectivity index (χ0v) is 9.82. The molecule has 1 heteroatoms. The number of aryl methyl sites for hydroxylation is 2. The van der Waals surface area contributed by atoms with Gasteiger partial charge in [-0.25, -0.2) is 0 Å². The van der Waals surface area contributed by atoms with Crippen LogP contribution in [0.25, 0.3) is 0 Å². The fraction of sp³-hybridized carbons (Fsp3) is 0.600. The molecule has 2 fully saturated rings. The van der Waals surface area contributed by atoms with Crippen molar-refractivity contribution in [1.82, 2.24) is 0 Å². The molecule has 0 N–H and O–H groups in total. The Kier molecular flexibility index (Phi) is 2.96. The van der Waals surface area contributed by atoms with Crippen molar-refractivity contribution < 1.29 is 4.74 Å². The first-order valence-corrected chi connectivity index (χ1v) is 6.59. The van der Waals surface area contributed by atoms with Gasteiger partial charge in [-0.15, -0.1) is 0 Å². The standard InChI is InChI=1S/C15H20O/c1-2-12(1)3-4-13-5-7-14(8-6-13)9-10-15-11-16-15/h5-8,12,15H,1-4,9-11H2. The first-order chi connectivity index (χ1) is 7.90. The predicted molar refractivity (Wildman–Crippen MR) is 65.5 cm³/mol.